The number of fused-ring (bicyclic) bond motifs is 1. The first-order valence-electron chi connectivity index (χ1n) is 7.09. The molecule has 2 aliphatic rings. The fourth-order valence-corrected chi connectivity index (χ4v) is 2.85. The molecule has 0 radical (unpaired) electrons. The van der Waals surface area contributed by atoms with Gasteiger partial charge in [0.1, 0.15) is 6.04 Å². The van der Waals surface area contributed by atoms with Gasteiger partial charge in [-0.1, -0.05) is 0 Å². The van der Waals surface area contributed by atoms with Crippen LogP contribution in [0.25, 0.3) is 0 Å². The molecule has 3 heterocycles. The molecule has 0 bridgehead atoms. The first kappa shape index (κ1) is 13.9. The molecule has 1 unspecified atom stereocenters. The summed E-state index contributed by atoms with van der Waals surface area (Å²) in [5.74, 6) is 0.0613. The fourth-order valence-electron chi connectivity index (χ4n) is 2.85. The van der Waals surface area contributed by atoms with Crippen molar-refractivity contribution in [2.24, 2.45) is 0 Å². The number of amides is 2. The fraction of sp³-hybridized carbons (Fsp3) is 0.571. The molecule has 1 aromatic rings. The third kappa shape index (κ3) is 2.73. The molecule has 0 aliphatic carbocycles. The van der Waals surface area contributed by atoms with E-state index in [0.717, 1.165) is 17.9 Å². The molecule has 2 aliphatic heterocycles. The minimum absolute atomic E-state index is 0.0225. The van der Waals surface area contributed by atoms with Gasteiger partial charge in [0, 0.05) is 45.6 Å². The summed E-state index contributed by atoms with van der Waals surface area (Å²) in [5, 5.41) is 0. The van der Waals surface area contributed by atoms with Gasteiger partial charge >= 0.3 is 0 Å². The van der Waals surface area contributed by atoms with Crippen molar-refractivity contribution >= 4 is 11.8 Å². The van der Waals surface area contributed by atoms with Crippen molar-refractivity contribution in [3.8, 4) is 0 Å². The predicted octanol–water partition coefficient (Wildman–Crippen LogP) is -0.730. The van der Waals surface area contributed by atoms with Crippen molar-refractivity contribution in [3.05, 3.63) is 23.8 Å². The average molecular weight is 289 g/mol. The van der Waals surface area contributed by atoms with Crippen molar-refractivity contribution < 1.29 is 9.59 Å². The van der Waals surface area contributed by atoms with Crippen LogP contribution in [-0.2, 0) is 16.1 Å². The molecule has 2 amide bonds. The molecule has 2 fully saturated rings. The van der Waals surface area contributed by atoms with Crippen molar-refractivity contribution in [1.29, 1.82) is 0 Å². The molecule has 2 saturated heterocycles. The largest absolute Gasteiger partial charge is 0.335 e. The summed E-state index contributed by atoms with van der Waals surface area (Å²) < 4.78 is 0. The monoisotopic (exact) mass is 289 g/mol. The van der Waals surface area contributed by atoms with Crippen LogP contribution in [0.5, 0.6) is 0 Å². The number of hydrogen-bond acceptors (Lipinski definition) is 5. The van der Waals surface area contributed by atoms with Crippen molar-refractivity contribution in [2.75, 3.05) is 33.2 Å². The van der Waals surface area contributed by atoms with Gasteiger partial charge in [-0.25, -0.2) is 0 Å². The zero-order valence-electron chi connectivity index (χ0n) is 12.3. The summed E-state index contributed by atoms with van der Waals surface area (Å²) in [7, 11) is 1.68. The first-order valence-corrected chi connectivity index (χ1v) is 7.09. The molecule has 0 spiro atoms. The smallest absolute Gasteiger partial charge is 0.246 e. The lowest BCUT2D eigenvalue weighted by Gasteiger charge is -2.45. The van der Waals surface area contributed by atoms with Gasteiger partial charge in [-0.2, -0.15) is 0 Å². The second-order valence-electron chi connectivity index (χ2n) is 5.68. The molecule has 0 N–H and O–H groups in total. The number of piperazine rings is 2. The molecule has 0 aromatic carbocycles. The third-order valence-electron chi connectivity index (χ3n) is 4.04. The van der Waals surface area contributed by atoms with E-state index in [2.05, 4.69) is 14.9 Å². The van der Waals surface area contributed by atoms with Crippen molar-refractivity contribution in [1.82, 2.24) is 24.7 Å². The Hall–Kier alpha value is -2.02. The Morgan fingerprint density at radius 2 is 2.05 bits per heavy atom. The van der Waals surface area contributed by atoms with Gasteiger partial charge in [-0.3, -0.25) is 24.5 Å². The minimum Gasteiger partial charge on any atom is -0.335 e. The number of carbonyl (C=O) groups excluding carboxylic acids is 2. The molecule has 1 atom stereocenters. The maximum atomic E-state index is 12.2. The summed E-state index contributed by atoms with van der Waals surface area (Å²) in [4.78, 5) is 38.2. The van der Waals surface area contributed by atoms with Crippen LogP contribution in [0.15, 0.2) is 12.4 Å². The Morgan fingerprint density at radius 3 is 2.76 bits per heavy atom. The SMILES string of the molecule is Cc1cnc(CN2CCN3C(=O)CN(C)C(=O)C3C2)cn1. The highest BCUT2D eigenvalue weighted by Gasteiger charge is 2.41. The molecule has 7 heteroatoms. The summed E-state index contributed by atoms with van der Waals surface area (Å²) in [6.07, 6.45) is 3.51. The Kier molecular flexibility index (Phi) is 3.59. The average Bonchev–Trinajstić information content (AvgIpc) is 2.47. The Labute approximate surface area is 123 Å². The van der Waals surface area contributed by atoms with Crippen LogP contribution in [0.4, 0.5) is 0 Å². The van der Waals surface area contributed by atoms with Crippen LogP contribution in [0.1, 0.15) is 11.4 Å². The molecule has 3 rings (SSSR count). The van der Waals surface area contributed by atoms with Crippen LogP contribution in [-0.4, -0.2) is 75.8 Å². The Bertz CT molecular complexity index is 559. The van der Waals surface area contributed by atoms with Gasteiger partial charge in [0.05, 0.1) is 17.9 Å². The molecule has 1 aromatic heterocycles. The number of aryl methyl sites for hydroxylation is 1. The maximum absolute atomic E-state index is 12.2. The van der Waals surface area contributed by atoms with Crippen LogP contribution in [0, 0.1) is 6.92 Å². The van der Waals surface area contributed by atoms with E-state index in [1.165, 1.54) is 4.90 Å². The van der Waals surface area contributed by atoms with Gasteiger partial charge in [0.15, 0.2) is 0 Å². The highest BCUT2D eigenvalue weighted by atomic mass is 16.2. The predicted molar refractivity (Wildman–Crippen MR) is 75.2 cm³/mol. The lowest BCUT2D eigenvalue weighted by molar-refractivity contribution is -0.158. The van der Waals surface area contributed by atoms with Gasteiger partial charge in [-0.15, -0.1) is 0 Å². The second kappa shape index (κ2) is 5.40. The van der Waals surface area contributed by atoms with Gasteiger partial charge < -0.3 is 9.80 Å². The summed E-state index contributed by atoms with van der Waals surface area (Å²) in [6, 6.07) is -0.358. The summed E-state index contributed by atoms with van der Waals surface area (Å²) in [6.45, 7) is 4.67. The molecule has 112 valence electrons. The van der Waals surface area contributed by atoms with E-state index in [-0.39, 0.29) is 24.4 Å². The molecule has 0 saturated carbocycles. The van der Waals surface area contributed by atoms with Crippen molar-refractivity contribution in [2.45, 2.75) is 19.5 Å². The Balaban J connectivity index is 1.69. The lowest BCUT2D eigenvalue weighted by Crippen LogP contribution is -2.65. The number of rotatable bonds is 2. The van der Waals surface area contributed by atoms with Gasteiger partial charge in [0.2, 0.25) is 11.8 Å². The van der Waals surface area contributed by atoms with Crippen LogP contribution in [0.2, 0.25) is 0 Å². The van der Waals surface area contributed by atoms with Gasteiger partial charge in [0.25, 0.3) is 0 Å². The van der Waals surface area contributed by atoms with Crippen LogP contribution >= 0.6 is 0 Å². The molecule has 21 heavy (non-hydrogen) atoms. The number of nitrogens with zero attached hydrogens (tertiary/aromatic N) is 5. The number of hydrogen-bond donors (Lipinski definition) is 0. The molecular weight excluding hydrogens is 270 g/mol. The zero-order chi connectivity index (χ0) is 15.0. The van der Waals surface area contributed by atoms with E-state index in [1.54, 1.807) is 24.3 Å². The quantitative estimate of drug-likeness (QED) is 0.718. The van der Waals surface area contributed by atoms with Crippen molar-refractivity contribution in [3.63, 3.8) is 0 Å². The van der Waals surface area contributed by atoms with E-state index < -0.39 is 0 Å². The maximum Gasteiger partial charge on any atom is 0.246 e. The second-order valence-corrected chi connectivity index (χ2v) is 5.68. The standard InChI is InChI=1S/C14H19N5O2/c1-10-5-16-11(6-15-10)7-18-3-4-19-12(8-18)14(21)17(2)9-13(19)20/h5-6,12H,3-4,7-9H2,1-2H3. The summed E-state index contributed by atoms with van der Waals surface area (Å²) >= 11 is 0. The van der Waals surface area contributed by atoms with Crippen LogP contribution < -0.4 is 0 Å². The zero-order valence-corrected chi connectivity index (χ0v) is 12.3. The van der Waals surface area contributed by atoms with E-state index in [1.807, 2.05) is 6.92 Å². The van der Waals surface area contributed by atoms with Crippen LogP contribution in [0.3, 0.4) is 0 Å². The van der Waals surface area contributed by atoms with Gasteiger partial charge in [-0.05, 0) is 6.92 Å². The third-order valence-corrected chi connectivity index (χ3v) is 4.04. The van der Waals surface area contributed by atoms with E-state index in [4.69, 9.17) is 0 Å². The van der Waals surface area contributed by atoms with E-state index in [0.29, 0.717) is 19.6 Å². The number of carbonyl (C=O) groups is 2. The summed E-state index contributed by atoms with van der Waals surface area (Å²) in [5.41, 5.74) is 1.77. The highest BCUT2D eigenvalue weighted by Crippen LogP contribution is 2.18. The number of likely N-dealkylation sites (N-methyl/N-ethyl adjacent to an activating group) is 1. The minimum atomic E-state index is -0.358. The normalized spacial score (nSPS) is 23.4. The highest BCUT2D eigenvalue weighted by molar-refractivity contribution is 5.95. The molecule has 7 nitrogen and oxygen atoms in total. The lowest BCUT2D eigenvalue weighted by atomic mass is 10.1. The molecular formula is C14H19N5O2. The number of aromatic nitrogens is 2. The van der Waals surface area contributed by atoms with E-state index in [9.17, 15) is 9.59 Å². The Morgan fingerprint density at radius 1 is 1.24 bits per heavy atom. The van der Waals surface area contributed by atoms with E-state index >= 15 is 0 Å². The topological polar surface area (TPSA) is 69.6 Å². The first-order chi connectivity index (χ1) is 10.0.